The molecule has 0 spiro atoms. The van der Waals surface area contributed by atoms with E-state index in [4.69, 9.17) is 5.73 Å². The number of rotatable bonds is 1. The Morgan fingerprint density at radius 1 is 1.44 bits per heavy atom. The zero-order valence-electron chi connectivity index (χ0n) is 5.14. The summed E-state index contributed by atoms with van der Waals surface area (Å²) in [5.41, 5.74) is 5.94. The molecule has 2 N–H and O–H groups in total. The standard InChI is InChI=1S/C7H7NS/c1-9-7-4-2-6(8)3-5-7/h4-5H,8H2,1H3. The van der Waals surface area contributed by atoms with E-state index in [1.807, 2.05) is 18.4 Å². The van der Waals surface area contributed by atoms with Gasteiger partial charge in [0.15, 0.2) is 0 Å². The molecule has 0 aliphatic carbocycles. The molecule has 1 rings (SSSR count). The Labute approximate surface area is 59.3 Å². The maximum atomic E-state index is 5.36. The van der Waals surface area contributed by atoms with Gasteiger partial charge < -0.3 is 5.73 Å². The van der Waals surface area contributed by atoms with Crippen LogP contribution < -0.4 is 5.73 Å². The van der Waals surface area contributed by atoms with Crippen LogP contribution in [0.2, 0.25) is 0 Å². The third kappa shape index (κ3) is 1.64. The van der Waals surface area contributed by atoms with Crippen molar-refractivity contribution >= 4 is 17.4 Å². The molecule has 0 aliphatic rings. The first-order chi connectivity index (χ1) is 4.33. The fourth-order valence-corrected chi connectivity index (χ4v) is 0.852. The van der Waals surface area contributed by atoms with Crippen molar-refractivity contribution in [2.45, 2.75) is 4.90 Å². The Morgan fingerprint density at radius 2 is 2.00 bits per heavy atom. The number of hydrogen-bond donors (Lipinski definition) is 1. The Bertz CT molecular complexity index is 181. The molecule has 0 bridgehead atoms. The van der Waals surface area contributed by atoms with Gasteiger partial charge in [0.25, 0.3) is 0 Å². The topological polar surface area (TPSA) is 26.0 Å². The molecule has 0 fully saturated rings. The van der Waals surface area contributed by atoms with Crippen molar-refractivity contribution in [3.8, 4) is 0 Å². The second kappa shape index (κ2) is 2.78. The molecule has 2 heteroatoms. The monoisotopic (exact) mass is 137 g/mol. The van der Waals surface area contributed by atoms with E-state index in [-0.39, 0.29) is 0 Å². The Kier molecular flexibility index (Phi) is 2.01. The molecule has 0 amide bonds. The van der Waals surface area contributed by atoms with Gasteiger partial charge in [0.2, 0.25) is 0 Å². The minimum Gasteiger partial charge on any atom is -0.398 e. The lowest BCUT2D eigenvalue weighted by Gasteiger charge is -1.92. The number of nitrogen functional groups attached to an aromatic ring is 1. The van der Waals surface area contributed by atoms with Crippen LogP contribution in [0.25, 0.3) is 0 Å². The van der Waals surface area contributed by atoms with Crippen molar-refractivity contribution < 1.29 is 0 Å². The van der Waals surface area contributed by atoms with E-state index < -0.39 is 0 Å². The molecule has 0 aliphatic heterocycles. The largest absolute Gasteiger partial charge is 0.398 e. The Hall–Kier alpha value is -0.630. The van der Waals surface area contributed by atoms with Crippen molar-refractivity contribution in [1.29, 1.82) is 0 Å². The molecule has 0 heterocycles. The van der Waals surface area contributed by atoms with Crippen LogP contribution in [0.15, 0.2) is 17.0 Å². The summed E-state index contributed by atoms with van der Waals surface area (Å²) in [5, 5.41) is 0. The molecular weight excluding hydrogens is 130 g/mol. The van der Waals surface area contributed by atoms with Crippen LogP contribution in [-0.2, 0) is 0 Å². The van der Waals surface area contributed by atoms with Crippen LogP contribution in [0.1, 0.15) is 0 Å². The Balaban J connectivity index is 2.88. The predicted octanol–water partition coefficient (Wildman–Crippen LogP) is 1.59. The number of nitrogens with two attached hydrogens (primary N) is 1. The molecule has 0 aromatic heterocycles. The molecule has 9 heavy (non-hydrogen) atoms. The van der Waals surface area contributed by atoms with Crippen LogP contribution in [0.3, 0.4) is 0 Å². The summed E-state index contributed by atoms with van der Waals surface area (Å²) in [6.07, 6.45) is 2.01. The van der Waals surface area contributed by atoms with Crippen LogP contribution >= 0.6 is 11.8 Å². The van der Waals surface area contributed by atoms with Gasteiger partial charge in [0.05, 0.1) is 0 Å². The summed E-state index contributed by atoms with van der Waals surface area (Å²) in [7, 11) is 0. The highest BCUT2D eigenvalue weighted by Gasteiger charge is 1.87. The third-order valence-electron chi connectivity index (χ3n) is 0.976. The average molecular weight is 137 g/mol. The van der Waals surface area contributed by atoms with E-state index in [1.165, 1.54) is 0 Å². The van der Waals surface area contributed by atoms with Gasteiger partial charge in [0.1, 0.15) is 0 Å². The zero-order chi connectivity index (χ0) is 6.69. The maximum absolute atomic E-state index is 5.36. The van der Waals surface area contributed by atoms with Crippen molar-refractivity contribution in [2.24, 2.45) is 0 Å². The fraction of sp³-hybridized carbons (Fsp3) is 0.143. The molecular formula is C7H7NS. The van der Waals surface area contributed by atoms with E-state index in [2.05, 4.69) is 12.1 Å². The minimum atomic E-state index is 0.577. The molecule has 2 radical (unpaired) electrons. The SMILES string of the molecule is CSc1c[c]c(N)[c]c1. The first-order valence-electron chi connectivity index (χ1n) is 2.56. The van der Waals surface area contributed by atoms with Crippen LogP contribution in [0.5, 0.6) is 0 Å². The van der Waals surface area contributed by atoms with Gasteiger partial charge in [0, 0.05) is 22.7 Å². The van der Waals surface area contributed by atoms with E-state index in [9.17, 15) is 0 Å². The van der Waals surface area contributed by atoms with Gasteiger partial charge in [-0.3, -0.25) is 0 Å². The zero-order valence-corrected chi connectivity index (χ0v) is 5.96. The second-order valence-electron chi connectivity index (χ2n) is 1.60. The lowest BCUT2D eigenvalue weighted by molar-refractivity contribution is 1.45. The molecule has 0 unspecified atom stereocenters. The van der Waals surface area contributed by atoms with Crippen molar-refractivity contribution in [3.05, 3.63) is 24.3 Å². The van der Waals surface area contributed by atoms with Gasteiger partial charge in [-0.25, -0.2) is 0 Å². The quantitative estimate of drug-likeness (QED) is 0.470. The Morgan fingerprint density at radius 3 is 2.44 bits per heavy atom. The lowest BCUT2D eigenvalue weighted by Crippen LogP contribution is -1.82. The number of hydrogen-bond acceptors (Lipinski definition) is 2. The fourth-order valence-electron chi connectivity index (χ4n) is 0.499. The summed E-state index contributed by atoms with van der Waals surface area (Å²) in [6, 6.07) is 9.42. The summed E-state index contributed by atoms with van der Waals surface area (Å²) < 4.78 is 0. The van der Waals surface area contributed by atoms with E-state index in [0.717, 1.165) is 4.90 Å². The first-order valence-corrected chi connectivity index (χ1v) is 3.78. The smallest absolute Gasteiger partial charge is 0.0475 e. The molecule has 0 saturated carbocycles. The molecule has 0 atom stereocenters. The minimum absolute atomic E-state index is 0.577. The average Bonchev–Trinajstić information content (AvgIpc) is 1.90. The van der Waals surface area contributed by atoms with Crippen LogP contribution in [-0.4, -0.2) is 6.26 Å². The maximum Gasteiger partial charge on any atom is 0.0475 e. The highest BCUT2D eigenvalue weighted by atomic mass is 32.2. The predicted molar refractivity (Wildman–Crippen MR) is 40.3 cm³/mol. The number of thioether (sulfide) groups is 1. The summed E-state index contributed by atoms with van der Waals surface area (Å²) in [6.45, 7) is 0. The van der Waals surface area contributed by atoms with Crippen LogP contribution in [0.4, 0.5) is 5.69 Å². The summed E-state index contributed by atoms with van der Waals surface area (Å²) in [5.74, 6) is 0. The van der Waals surface area contributed by atoms with Gasteiger partial charge in [-0.2, -0.15) is 0 Å². The van der Waals surface area contributed by atoms with Gasteiger partial charge in [-0.05, 0) is 18.4 Å². The molecule has 0 saturated heterocycles. The van der Waals surface area contributed by atoms with Crippen molar-refractivity contribution in [2.75, 3.05) is 12.0 Å². The third-order valence-corrected chi connectivity index (χ3v) is 1.68. The van der Waals surface area contributed by atoms with Gasteiger partial charge in [-0.1, -0.05) is 0 Å². The number of anilines is 1. The van der Waals surface area contributed by atoms with E-state index in [1.54, 1.807) is 11.8 Å². The van der Waals surface area contributed by atoms with Gasteiger partial charge >= 0.3 is 0 Å². The van der Waals surface area contributed by atoms with E-state index in [0.29, 0.717) is 5.69 Å². The van der Waals surface area contributed by atoms with Crippen molar-refractivity contribution in [3.63, 3.8) is 0 Å². The second-order valence-corrected chi connectivity index (χ2v) is 2.48. The van der Waals surface area contributed by atoms with Crippen LogP contribution in [0, 0.1) is 12.1 Å². The molecule has 1 aromatic carbocycles. The summed E-state index contributed by atoms with van der Waals surface area (Å²) >= 11 is 1.66. The molecule has 1 nitrogen and oxygen atoms in total. The highest BCUT2D eigenvalue weighted by Crippen LogP contribution is 2.13. The van der Waals surface area contributed by atoms with Gasteiger partial charge in [-0.15, -0.1) is 11.8 Å². The first kappa shape index (κ1) is 6.49. The normalized spacial score (nSPS) is 9.44. The summed E-state index contributed by atoms with van der Waals surface area (Å²) in [4.78, 5) is 1.14. The molecule has 46 valence electrons. The highest BCUT2D eigenvalue weighted by molar-refractivity contribution is 7.98. The molecule has 1 aromatic rings. The number of benzene rings is 1. The van der Waals surface area contributed by atoms with E-state index >= 15 is 0 Å². The lowest BCUT2D eigenvalue weighted by atomic mass is 10.3. The van der Waals surface area contributed by atoms with Crippen molar-refractivity contribution in [1.82, 2.24) is 0 Å².